The van der Waals surface area contributed by atoms with Crippen molar-refractivity contribution in [3.63, 3.8) is 0 Å². The number of nitrogens with zero attached hydrogens (tertiary/aromatic N) is 3. The van der Waals surface area contributed by atoms with Crippen molar-refractivity contribution in [1.29, 1.82) is 0 Å². The number of fused-ring (bicyclic) bond motifs is 3. The fourth-order valence-corrected chi connectivity index (χ4v) is 6.01. The lowest BCUT2D eigenvalue weighted by Crippen LogP contribution is -2.43. The number of aryl methyl sites for hydroxylation is 2. The summed E-state index contributed by atoms with van der Waals surface area (Å²) in [6, 6.07) is 2.17. The molecule has 25 heavy (non-hydrogen) atoms. The molecule has 0 saturated carbocycles. The summed E-state index contributed by atoms with van der Waals surface area (Å²) in [4.78, 5) is 14.4. The van der Waals surface area contributed by atoms with E-state index in [2.05, 4.69) is 33.6 Å². The number of anilines is 1. The monoisotopic (exact) mass is 371 g/mol. The van der Waals surface area contributed by atoms with E-state index in [4.69, 9.17) is 9.72 Å². The summed E-state index contributed by atoms with van der Waals surface area (Å²) >= 11 is 3.60. The highest BCUT2D eigenvalue weighted by atomic mass is 32.1. The maximum Gasteiger partial charge on any atom is 0.141 e. The van der Waals surface area contributed by atoms with Gasteiger partial charge in [0, 0.05) is 18.0 Å². The lowest BCUT2D eigenvalue weighted by molar-refractivity contribution is -0.0173. The van der Waals surface area contributed by atoms with Crippen LogP contribution in [0.25, 0.3) is 10.2 Å². The summed E-state index contributed by atoms with van der Waals surface area (Å²) in [5.74, 6) is 1.11. The molecule has 4 heterocycles. The molecule has 0 N–H and O–H groups in total. The average Bonchev–Trinajstić information content (AvgIpc) is 3.28. The van der Waals surface area contributed by atoms with E-state index in [1.807, 2.05) is 11.3 Å². The van der Waals surface area contributed by atoms with E-state index in [0.29, 0.717) is 0 Å². The quantitative estimate of drug-likeness (QED) is 0.660. The van der Waals surface area contributed by atoms with Gasteiger partial charge in [-0.2, -0.15) is 11.3 Å². The first-order valence-corrected chi connectivity index (χ1v) is 10.7. The molecule has 4 nitrogen and oxygen atoms in total. The SMILES string of the molecule is CC1CN(c2ncnc3sc4c(c23)CCCC4)CC(c2ccsc2)O1. The number of morpholine rings is 1. The second-order valence-electron chi connectivity index (χ2n) is 6.99. The zero-order chi connectivity index (χ0) is 16.8. The van der Waals surface area contributed by atoms with Crippen LogP contribution in [0.3, 0.4) is 0 Å². The minimum atomic E-state index is 0.120. The largest absolute Gasteiger partial charge is 0.367 e. The summed E-state index contributed by atoms with van der Waals surface area (Å²) in [6.45, 7) is 3.90. The number of ether oxygens (including phenoxy) is 1. The minimum absolute atomic E-state index is 0.120. The van der Waals surface area contributed by atoms with Crippen LogP contribution in [0.4, 0.5) is 5.82 Å². The Kier molecular flexibility index (Phi) is 3.99. The van der Waals surface area contributed by atoms with Gasteiger partial charge >= 0.3 is 0 Å². The standard InChI is InChI=1S/C19H21N3OS2/c1-12-8-22(9-15(23-12)13-6-7-24-10-13)18-17-14-4-2-3-5-16(14)25-19(17)21-11-20-18/h6-7,10-12,15H,2-5,8-9H2,1H3. The van der Waals surface area contributed by atoms with Crippen molar-refractivity contribution in [3.05, 3.63) is 39.2 Å². The predicted octanol–water partition coefficient (Wildman–Crippen LogP) is 4.60. The molecule has 2 atom stereocenters. The third kappa shape index (κ3) is 2.76. The summed E-state index contributed by atoms with van der Waals surface area (Å²) in [7, 11) is 0. The number of thiophene rings is 2. The van der Waals surface area contributed by atoms with Crippen molar-refractivity contribution in [1.82, 2.24) is 9.97 Å². The minimum Gasteiger partial charge on any atom is -0.367 e. The summed E-state index contributed by atoms with van der Waals surface area (Å²) < 4.78 is 6.21. The van der Waals surface area contributed by atoms with Crippen LogP contribution < -0.4 is 4.90 Å². The third-order valence-electron chi connectivity index (χ3n) is 5.21. The number of rotatable bonds is 2. The molecule has 0 aromatic carbocycles. The molecule has 2 unspecified atom stereocenters. The highest BCUT2D eigenvalue weighted by Gasteiger charge is 2.30. The molecule has 1 aliphatic carbocycles. The highest BCUT2D eigenvalue weighted by Crippen LogP contribution is 2.40. The summed E-state index contributed by atoms with van der Waals surface area (Å²) in [6.07, 6.45) is 7.00. The van der Waals surface area contributed by atoms with Crippen molar-refractivity contribution < 1.29 is 4.74 Å². The van der Waals surface area contributed by atoms with Gasteiger partial charge in [0.1, 0.15) is 23.1 Å². The number of hydrogen-bond donors (Lipinski definition) is 0. The predicted molar refractivity (Wildman–Crippen MR) is 104 cm³/mol. The van der Waals surface area contributed by atoms with Crippen molar-refractivity contribution in [2.75, 3.05) is 18.0 Å². The molecule has 2 aliphatic rings. The van der Waals surface area contributed by atoms with E-state index in [1.165, 1.54) is 47.1 Å². The van der Waals surface area contributed by atoms with Crippen LogP contribution >= 0.6 is 22.7 Å². The molecule has 0 bridgehead atoms. The van der Waals surface area contributed by atoms with Crippen LogP contribution in [0.5, 0.6) is 0 Å². The van der Waals surface area contributed by atoms with Gasteiger partial charge in [-0.25, -0.2) is 9.97 Å². The molecule has 1 aliphatic heterocycles. The average molecular weight is 372 g/mol. The molecule has 0 radical (unpaired) electrons. The lowest BCUT2D eigenvalue weighted by atomic mass is 9.96. The Morgan fingerprint density at radius 3 is 3.00 bits per heavy atom. The van der Waals surface area contributed by atoms with E-state index >= 15 is 0 Å². The van der Waals surface area contributed by atoms with Gasteiger partial charge in [0.25, 0.3) is 0 Å². The van der Waals surface area contributed by atoms with Gasteiger partial charge in [-0.05, 0) is 60.6 Å². The van der Waals surface area contributed by atoms with Crippen molar-refractivity contribution in [2.45, 2.75) is 44.8 Å². The Balaban J connectivity index is 1.57. The van der Waals surface area contributed by atoms with Crippen molar-refractivity contribution >= 4 is 38.7 Å². The Hall–Kier alpha value is -1.50. The molecule has 0 amide bonds. The molecule has 3 aromatic heterocycles. The first kappa shape index (κ1) is 15.7. The van der Waals surface area contributed by atoms with Crippen LogP contribution in [-0.2, 0) is 17.6 Å². The van der Waals surface area contributed by atoms with E-state index in [0.717, 1.165) is 23.7 Å². The van der Waals surface area contributed by atoms with E-state index in [9.17, 15) is 0 Å². The Morgan fingerprint density at radius 1 is 1.20 bits per heavy atom. The molecule has 6 heteroatoms. The second-order valence-corrected chi connectivity index (χ2v) is 8.85. The molecule has 130 valence electrons. The zero-order valence-corrected chi connectivity index (χ0v) is 15.9. The number of hydrogen-bond acceptors (Lipinski definition) is 6. The molecule has 3 aromatic rings. The zero-order valence-electron chi connectivity index (χ0n) is 14.3. The molecule has 0 spiro atoms. The molecular formula is C19H21N3OS2. The van der Waals surface area contributed by atoms with Gasteiger partial charge in [0.05, 0.1) is 11.5 Å². The molecule has 1 saturated heterocycles. The highest BCUT2D eigenvalue weighted by molar-refractivity contribution is 7.19. The Bertz CT molecular complexity index is 890. The van der Waals surface area contributed by atoms with Crippen molar-refractivity contribution in [3.8, 4) is 0 Å². The first-order valence-electron chi connectivity index (χ1n) is 8.97. The maximum atomic E-state index is 6.21. The van der Waals surface area contributed by atoms with Crippen LogP contribution in [0, 0.1) is 0 Å². The Morgan fingerprint density at radius 2 is 2.12 bits per heavy atom. The fourth-order valence-electron chi connectivity index (χ4n) is 4.08. The summed E-state index contributed by atoms with van der Waals surface area (Å²) in [5.41, 5.74) is 2.78. The van der Waals surface area contributed by atoms with E-state index in [1.54, 1.807) is 17.7 Å². The normalized spacial score (nSPS) is 23.8. The molecule has 5 rings (SSSR count). The van der Waals surface area contributed by atoms with Crippen LogP contribution in [0.2, 0.25) is 0 Å². The van der Waals surface area contributed by atoms with Crippen LogP contribution in [0.1, 0.15) is 41.9 Å². The van der Waals surface area contributed by atoms with Crippen molar-refractivity contribution in [2.24, 2.45) is 0 Å². The topological polar surface area (TPSA) is 38.2 Å². The fraction of sp³-hybridized carbons (Fsp3) is 0.474. The van der Waals surface area contributed by atoms with Crippen LogP contribution in [-0.4, -0.2) is 29.2 Å². The molecular weight excluding hydrogens is 350 g/mol. The first-order chi connectivity index (χ1) is 12.3. The van der Waals surface area contributed by atoms with E-state index < -0.39 is 0 Å². The van der Waals surface area contributed by atoms with Crippen LogP contribution in [0.15, 0.2) is 23.2 Å². The molecule has 1 fully saturated rings. The van der Waals surface area contributed by atoms with Gasteiger partial charge in [-0.15, -0.1) is 11.3 Å². The summed E-state index contributed by atoms with van der Waals surface area (Å²) in [5, 5.41) is 5.63. The second kappa shape index (κ2) is 6.34. The third-order valence-corrected chi connectivity index (χ3v) is 7.11. The lowest BCUT2D eigenvalue weighted by Gasteiger charge is -2.37. The van der Waals surface area contributed by atoms with Gasteiger partial charge in [-0.1, -0.05) is 0 Å². The van der Waals surface area contributed by atoms with Gasteiger partial charge in [0.2, 0.25) is 0 Å². The smallest absolute Gasteiger partial charge is 0.141 e. The van der Waals surface area contributed by atoms with Gasteiger partial charge in [0.15, 0.2) is 0 Å². The maximum absolute atomic E-state index is 6.21. The van der Waals surface area contributed by atoms with E-state index in [-0.39, 0.29) is 12.2 Å². The number of aromatic nitrogens is 2. The van der Waals surface area contributed by atoms with Gasteiger partial charge < -0.3 is 9.64 Å². The Labute approximate surface area is 155 Å². The van der Waals surface area contributed by atoms with Gasteiger partial charge in [-0.3, -0.25) is 0 Å².